The summed E-state index contributed by atoms with van der Waals surface area (Å²) in [5.41, 5.74) is 10.0. The molecule has 1 heterocycles. The fraction of sp³-hybridized carbons (Fsp3) is 0.353. The van der Waals surface area contributed by atoms with Gasteiger partial charge < -0.3 is 30.6 Å². The van der Waals surface area contributed by atoms with E-state index in [4.69, 9.17) is 15.3 Å². The topological polar surface area (TPSA) is 164 Å². The van der Waals surface area contributed by atoms with Crippen LogP contribution in [-0.4, -0.2) is 58.7 Å². The Morgan fingerprint density at radius 3 is 2.35 bits per heavy atom. The molecule has 4 rings (SSSR count). The number of alkyl carbamates (subject to hydrolysis) is 1. The Morgan fingerprint density at radius 2 is 1.63 bits per heavy atom. The molecule has 0 saturated heterocycles. The number of hydrogen-bond acceptors (Lipinski definition) is 9. The fourth-order valence-corrected chi connectivity index (χ4v) is 4.94. The van der Waals surface area contributed by atoms with Crippen LogP contribution in [0.1, 0.15) is 45.6 Å². The summed E-state index contributed by atoms with van der Waals surface area (Å²) in [5.74, 6) is -1.96. The van der Waals surface area contributed by atoms with Crippen LogP contribution in [0.15, 0.2) is 84.7 Å². The van der Waals surface area contributed by atoms with Gasteiger partial charge in [-0.3, -0.25) is 14.5 Å². The third kappa shape index (κ3) is 9.05. The number of aliphatic hydroxyl groups is 1. The van der Waals surface area contributed by atoms with Gasteiger partial charge in [0.15, 0.2) is 6.10 Å². The van der Waals surface area contributed by atoms with Gasteiger partial charge in [-0.15, -0.1) is 0 Å². The molecule has 0 aliphatic carbocycles. The molecule has 3 aromatic rings. The van der Waals surface area contributed by atoms with Gasteiger partial charge in [-0.2, -0.15) is 5.48 Å². The van der Waals surface area contributed by atoms with E-state index in [1.54, 1.807) is 37.4 Å². The second kappa shape index (κ2) is 15.9. The Bertz CT molecular complexity index is 1550. The van der Waals surface area contributed by atoms with Crippen LogP contribution >= 0.6 is 0 Å². The lowest BCUT2D eigenvalue weighted by atomic mass is 10.1. The molecule has 1 aliphatic heterocycles. The average molecular weight is 632 g/mol. The van der Waals surface area contributed by atoms with Crippen molar-refractivity contribution in [1.82, 2.24) is 15.7 Å². The van der Waals surface area contributed by atoms with Crippen LogP contribution < -0.4 is 21.4 Å². The van der Waals surface area contributed by atoms with Crippen LogP contribution in [0, 0.1) is 5.92 Å². The van der Waals surface area contributed by atoms with Gasteiger partial charge in [0.25, 0.3) is 5.91 Å². The van der Waals surface area contributed by atoms with Gasteiger partial charge in [0, 0.05) is 23.7 Å². The third-order valence-corrected chi connectivity index (χ3v) is 7.45. The normalized spacial score (nSPS) is 14.8. The first-order valence-electron chi connectivity index (χ1n) is 15.2. The van der Waals surface area contributed by atoms with E-state index >= 15 is 0 Å². The maximum Gasteiger partial charge on any atom is 0.408 e. The molecular formula is C34H41N5O7. The van der Waals surface area contributed by atoms with Gasteiger partial charge in [0.05, 0.1) is 11.7 Å². The molecule has 12 heteroatoms. The smallest absolute Gasteiger partial charge is 0.408 e. The Morgan fingerprint density at radius 1 is 0.935 bits per heavy atom. The number of anilines is 1. The van der Waals surface area contributed by atoms with Gasteiger partial charge in [0.2, 0.25) is 5.91 Å². The minimum absolute atomic E-state index is 0.0421. The number of nitrogens with one attached hydrogen (secondary N) is 2. The summed E-state index contributed by atoms with van der Waals surface area (Å²) in [7, 11) is 0. The molecule has 244 valence electrons. The number of ether oxygens (including phenoxy) is 1. The number of rotatable bonds is 12. The van der Waals surface area contributed by atoms with Crippen molar-refractivity contribution in [3.8, 4) is 0 Å². The molecule has 0 radical (unpaired) electrons. The maximum absolute atomic E-state index is 13.4. The number of hydrogen-bond donors (Lipinski definition) is 4. The van der Waals surface area contributed by atoms with E-state index in [1.807, 2.05) is 67.3 Å². The zero-order valence-electron chi connectivity index (χ0n) is 26.2. The predicted octanol–water partition coefficient (Wildman–Crippen LogP) is 3.69. The summed E-state index contributed by atoms with van der Waals surface area (Å²) in [5, 5.41) is 14.6. The van der Waals surface area contributed by atoms with Crippen molar-refractivity contribution in [2.24, 2.45) is 11.7 Å². The molecular weight excluding hydrogens is 590 g/mol. The second-order valence-electron chi connectivity index (χ2n) is 11.6. The monoisotopic (exact) mass is 631 g/mol. The van der Waals surface area contributed by atoms with Gasteiger partial charge in [-0.25, -0.2) is 9.59 Å². The van der Waals surface area contributed by atoms with Crippen molar-refractivity contribution in [3.63, 3.8) is 0 Å². The number of fused-ring (bicyclic) bond motifs is 1. The number of hydroxylamine groups is 1. The summed E-state index contributed by atoms with van der Waals surface area (Å²) in [6, 6.07) is 20.4. The molecule has 0 spiro atoms. The summed E-state index contributed by atoms with van der Waals surface area (Å²) in [6.07, 6.45) is -0.0988. The number of aliphatic hydroxyl groups excluding tert-OH is 1. The number of carbonyl (C=O) groups is 4. The Labute approximate surface area is 268 Å². The molecule has 3 aromatic carbocycles. The van der Waals surface area contributed by atoms with Crippen LogP contribution in [-0.2, 0) is 30.6 Å². The third-order valence-electron chi connectivity index (χ3n) is 7.45. The van der Waals surface area contributed by atoms with Crippen molar-refractivity contribution in [2.75, 3.05) is 11.6 Å². The quantitative estimate of drug-likeness (QED) is 0.218. The first kappa shape index (κ1) is 33.9. The standard InChI is InChI=1S/C34H41N5O7/c1-22(2)16-17-30(40)33(43)46-37-31(41)28(36-34(44)45-20-24-10-5-4-6-11-24)18-26-19-38(32(42)23(3)35)21-39(26)29-15-9-13-25-12-7-8-14-27(25)29/h4-15,19,22-23,28,30,40H,16-18,20-21,35H2,1-3H3,(H,36,44)(H,37,41)/t23-,28+,30-/m0/s1. The molecule has 1 aliphatic rings. The molecule has 0 unspecified atom stereocenters. The Hall–Kier alpha value is -4.94. The lowest BCUT2D eigenvalue weighted by Crippen LogP contribution is -2.48. The zero-order valence-corrected chi connectivity index (χ0v) is 26.2. The van der Waals surface area contributed by atoms with Crippen molar-refractivity contribution in [2.45, 2.75) is 64.8 Å². The first-order chi connectivity index (χ1) is 22.0. The highest BCUT2D eigenvalue weighted by Crippen LogP contribution is 2.34. The summed E-state index contributed by atoms with van der Waals surface area (Å²) < 4.78 is 5.36. The van der Waals surface area contributed by atoms with E-state index < -0.39 is 36.2 Å². The molecule has 0 bridgehead atoms. The van der Waals surface area contributed by atoms with Gasteiger partial charge >= 0.3 is 12.1 Å². The van der Waals surface area contributed by atoms with Gasteiger partial charge in [0.1, 0.15) is 19.3 Å². The second-order valence-corrected chi connectivity index (χ2v) is 11.6. The molecule has 46 heavy (non-hydrogen) atoms. The van der Waals surface area contributed by atoms with E-state index in [1.165, 1.54) is 4.90 Å². The van der Waals surface area contributed by atoms with Gasteiger partial charge in [-0.05, 0) is 42.7 Å². The summed E-state index contributed by atoms with van der Waals surface area (Å²) >= 11 is 0. The minimum atomic E-state index is -1.43. The number of amides is 3. The average Bonchev–Trinajstić information content (AvgIpc) is 3.47. The highest BCUT2D eigenvalue weighted by Gasteiger charge is 2.33. The van der Waals surface area contributed by atoms with E-state index in [2.05, 4.69) is 10.8 Å². The molecule has 5 N–H and O–H groups in total. The number of nitrogens with zero attached hydrogens (tertiary/aromatic N) is 2. The Balaban J connectivity index is 1.58. The molecule has 0 fully saturated rings. The minimum Gasteiger partial charge on any atom is -0.445 e. The van der Waals surface area contributed by atoms with Crippen LogP contribution in [0.25, 0.3) is 10.8 Å². The fourth-order valence-electron chi connectivity index (χ4n) is 4.94. The lowest BCUT2D eigenvalue weighted by molar-refractivity contribution is -0.167. The van der Waals surface area contributed by atoms with Crippen LogP contribution in [0.3, 0.4) is 0 Å². The number of nitrogens with two attached hydrogens (primary N) is 1. The summed E-state index contributed by atoms with van der Waals surface area (Å²) in [4.78, 5) is 59.9. The lowest BCUT2D eigenvalue weighted by Gasteiger charge is -2.27. The molecule has 0 aromatic heterocycles. The van der Waals surface area contributed by atoms with Crippen molar-refractivity contribution < 1.29 is 33.9 Å². The highest BCUT2D eigenvalue weighted by atomic mass is 16.7. The summed E-state index contributed by atoms with van der Waals surface area (Å²) in [6.45, 7) is 5.57. The first-order valence-corrected chi connectivity index (χ1v) is 15.2. The van der Waals surface area contributed by atoms with Crippen molar-refractivity contribution >= 4 is 40.3 Å². The maximum atomic E-state index is 13.4. The largest absolute Gasteiger partial charge is 0.445 e. The molecule has 3 amide bonds. The molecule has 3 atom stereocenters. The van der Waals surface area contributed by atoms with Gasteiger partial charge in [-0.1, -0.05) is 80.6 Å². The molecule has 0 saturated carbocycles. The van der Waals surface area contributed by atoms with Crippen LogP contribution in [0.2, 0.25) is 0 Å². The predicted molar refractivity (Wildman–Crippen MR) is 172 cm³/mol. The zero-order chi connectivity index (χ0) is 33.2. The van der Waals surface area contributed by atoms with Crippen molar-refractivity contribution in [1.29, 1.82) is 0 Å². The number of benzene rings is 3. The van der Waals surface area contributed by atoms with Crippen LogP contribution in [0.4, 0.5) is 10.5 Å². The van der Waals surface area contributed by atoms with E-state index in [0.29, 0.717) is 12.1 Å². The van der Waals surface area contributed by atoms with E-state index in [0.717, 1.165) is 22.0 Å². The highest BCUT2D eigenvalue weighted by molar-refractivity contribution is 5.96. The van der Waals surface area contributed by atoms with Crippen LogP contribution in [0.5, 0.6) is 0 Å². The Kier molecular flexibility index (Phi) is 11.7. The van der Waals surface area contributed by atoms with E-state index in [-0.39, 0.29) is 37.9 Å². The number of carbonyl (C=O) groups excluding carboxylic acids is 4. The SMILES string of the molecule is CC(C)CC[C@H](O)C(=O)ONC(=O)[C@@H](CC1=CN(C(=O)[C@H](C)N)CN1c1cccc2ccccc12)NC(=O)OCc1ccccc1. The van der Waals surface area contributed by atoms with Crippen molar-refractivity contribution in [3.05, 3.63) is 90.3 Å². The van der Waals surface area contributed by atoms with E-state index in [9.17, 15) is 24.3 Å². The molecule has 12 nitrogen and oxygen atoms in total.